The van der Waals surface area contributed by atoms with Crippen molar-refractivity contribution in [3.63, 3.8) is 0 Å². The minimum atomic E-state index is -0.137. The summed E-state index contributed by atoms with van der Waals surface area (Å²) < 4.78 is 0. The number of nitrogens with zero attached hydrogens (tertiary/aromatic N) is 4. The first kappa shape index (κ1) is 14.8. The molecular formula is C16H24N4. The summed E-state index contributed by atoms with van der Waals surface area (Å²) in [4.78, 5) is 6.71. The minimum Gasteiger partial charge on any atom is -0.378 e. The maximum Gasteiger partial charge on any atom is 0.123 e. The fourth-order valence-electron chi connectivity index (χ4n) is 2.63. The quantitative estimate of drug-likeness (QED) is 0.842. The summed E-state index contributed by atoms with van der Waals surface area (Å²) >= 11 is 0. The summed E-state index contributed by atoms with van der Waals surface area (Å²) in [7, 11) is 6.20. The van der Waals surface area contributed by atoms with Crippen molar-refractivity contribution in [3.05, 3.63) is 29.8 Å². The van der Waals surface area contributed by atoms with Gasteiger partial charge < -0.3 is 9.80 Å². The molecule has 0 radical (unpaired) electrons. The fraction of sp³-hybridized carbons (Fsp3) is 0.562. The lowest BCUT2D eigenvalue weighted by atomic mass is 10.0. The summed E-state index contributed by atoms with van der Waals surface area (Å²) in [5.41, 5.74) is 2.26. The van der Waals surface area contributed by atoms with Crippen molar-refractivity contribution in [2.75, 3.05) is 45.7 Å². The van der Waals surface area contributed by atoms with Gasteiger partial charge in [-0.15, -0.1) is 0 Å². The topological polar surface area (TPSA) is 33.5 Å². The van der Waals surface area contributed by atoms with E-state index in [0.717, 1.165) is 30.9 Å². The van der Waals surface area contributed by atoms with Crippen LogP contribution in [0.5, 0.6) is 0 Å². The van der Waals surface area contributed by atoms with Gasteiger partial charge in [0.05, 0.1) is 6.07 Å². The maximum absolute atomic E-state index is 9.55. The van der Waals surface area contributed by atoms with Crippen molar-refractivity contribution >= 4 is 5.69 Å². The van der Waals surface area contributed by atoms with Crippen LogP contribution in [0.2, 0.25) is 0 Å². The highest BCUT2D eigenvalue weighted by molar-refractivity contribution is 5.47. The van der Waals surface area contributed by atoms with Crippen LogP contribution in [0, 0.1) is 11.3 Å². The Hall–Kier alpha value is -1.57. The maximum atomic E-state index is 9.55. The normalized spacial score (nSPS) is 22.2. The summed E-state index contributed by atoms with van der Waals surface area (Å²) in [6.45, 7) is 5.14. The van der Waals surface area contributed by atoms with Crippen molar-refractivity contribution in [2.45, 2.75) is 19.0 Å². The molecule has 0 aliphatic carbocycles. The third-order valence-electron chi connectivity index (χ3n) is 4.20. The molecule has 1 aromatic rings. The molecule has 0 saturated carbocycles. The Balaban J connectivity index is 2.14. The smallest absolute Gasteiger partial charge is 0.123 e. The number of anilines is 1. The highest BCUT2D eigenvalue weighted by atomic mass is 15.3. The van der Waals surface area contributed by atoms with Crippen molar-refractivity contribution < 1.29 is 0 Å². The van der Waals surface area contributed by atoms with Crippen LogP contribution < -0.4 is 4.90 Å². The Kier molecular flexibility index (Phi) is 4.64. The standard InChI is InChI=1S/C16H24N4/c1-13-12-20(10-9-19(13)4)16(11-17)14-5-7-15(8-6-14)18(2)3/h5-8,13,16H,9-10,12H2,1-4H3. The Morgan fingerprint density at radius 3 is 2.40 bits per heavy atom. The van der Waals surface area contributed by atoms with Gasteiger partial charge in [-0.3, -0.25) is 4.90 Å². The highest BCUT2D eigenvalue weighted by Gasteiger charge is 2.27. The van der Waals surface area contributed by atoms with Crippen molar-refractivity contribution in [1.29, 1.82) is 5.26 Å². The van der Waals surface area contributed by atoms with Gasteiger partial charge in [-0.25, -0.2) is 0 Å². The van der Waals surface area contributed by atoms with Gasteiger partial charge in [0.2, 0.25) is 0 Å². The van der Waals surface area contributed by atoms with E-state index in [1.165, 1.54) is 0 Å². The number of piperazine rings is 1. The first-order chi connectivity index (χ1) is 9.52. The molecule has 2 atom stereocenters. The molecule has 108 valence electrons. The number of rotatable bonds is 3. The molecule has 0 aromatic heterocycles. The number of hydrogen-bond donors (Lipinski definition) is 0. The molecule has 1 saturated heterocycles. The second-order valence-corrected chi connectivity index (χ2v) is 5.84. The van der Waals surface area contributed by atoms with Crippen molar-refractivity contribution in [1.82, 2.24) is 9.80 Å². The average Bonchev–Trinajstić information content (AvgIpc) is 2.44. The predicted octanol–water partition coefficient (Wildman–Crippen LogP) is 1.95. The lowest BCUT2D eigenvalue weighted by molar-refractivity contribution is 0.0881. The predicted molar refractivity (Wildman–Crippen MR) is 82.8 cm³/mol. The van der Waals surface area contributed by atoms with Gasteiger partial charge in [0.25, 0.3) is 0 Å². The molecule has 2 unspecified atom stereocenters. The molecule has 4 nitrogen and oxygen atoms in total. The molecule has 0 N–H and O–H groups in total. The van der Waals surface area contributed by atoms with E-state index in [1.54, 1.807) is 0 Å². The second-order valence-electron chi connectivity index (χ2n) is 5.84. The average molecular weight is 272 g/mol. The third kappa shape index (κ3) is 3.12. The summed E-state index contributed by atoms with van der Waals surface area (Å²) in [6, 6.07) is 11.1. The van der Waals surface area contributed by atoms with Crippen molar-refractivity contribution in [3.8, 4) is 6.07 Å². The molecule has 1 aliphatic rings. The zero-order chi connectivity index (χ0) is 14.7. The molecule has 0 bridgehead atoms. The van der Waals surface area contributed by atoms with Gasteiger partial charge in [0, 0.05) is 45.5 Å². The van der Waals surface area contributed by atoms with E-state index in [-0.39, 0.29) is 6.04 Å². The van der Waals surface area contributed by atoms with Crippen LogP contribution in [0.25, 0.3) is 0 Å². The Bertz CT molecular complexity index is 474. The van der Waals surface area contributed by atoms with E-state index < -0.39 is 0 Å². The van der Waals surface area contributed by atoms with Crippen LogP contribution in [0.4, 0.5) is 5.69 Å². The Morgan fingerprint density at radius 2 is 1.90 bits per heavy atom. The van der Waals surface area contributed by atoms with Crippen LogP contribution in [0.1, 0.15) is 18.5 Å². The number of hydrogen-bond acceptors (Lipinski definition) is 4. The van der Waals surface area contributed by atoms with Crippen LogP contribution in [0.15, 0.2) is 24.3 Å². The monoisotopic (exact) mass is 272 g/mol. The van der Waals surface area contributed by atoms with Gasteiger partial charge in [-0.05, 0) is 31.7 Å². The van der Waals surface area contributed by atoms with Crippen molar-refractivity contribution in [2.24, 2.45) is 0 Å². The summed E-state index contributed by atoms with van der Waals surface area (Å²) in [5, 5.41) is 9.55. The van der Waals surface area contributed by atoms with Gasteiger partial charge >= 0.3 is 0 Å². The van der Waals surface area contributed by atoms with Gasteiger partial charge in [-0.1, -0.05) is 12.1 Å². The minimum absolute atomic E-state index is 0.137. The first-order valence-corrected chi connectivity index (χ1v) is 7.14. The van der Waals surface area contributed by atoms with Gasteiger partial charge in [0.15, 0.2) is 0 Å². The third-order valence-corrected chi connectivity index (χ3v) is 4.20. The molecule has 4 heteroatoms. The van der Waals surface area contributed by atoms with E-state index in [9.17, 15) is 5.26 Å². The zero-order valence-electron chi connectivity index (χ0n) is 12.9. The highest BCUT2D eigenvalue weighted by Crippen LogP contribution is 2.24. The molecule has 1 fully saturated rings. The molecule has 1 aliphatic heterocycles. The second kappa shape index (κ2) is 6.25. The van der Waals surface area contributed by atoms with E-state index in [0.29, 0.717) is 6.04 Å². The van der Waals surface area contributed by atoms with E-state index in [1.807, 2.05) is 14.1 Å². The van der Waals surface area contributed by atoms with Crippen LogP contribution in [0.3, 0.4) is 0 Å². The molecule has 2 rings (SSSR count). The first-order valence-electron chi connectivity index (χ1n) is 7.14. The van der Waals surface area contributed by atoms with Crippen LogP contribution in [-0.2, 0) is 0 Å². The van der Waals surface area contributed by atoms with Crippen LogP contribution in [-0.4, -0.2) is 56.6 Å². The fourth-order valence-corrected chi connectivity index (χ4v) is 2.63. The summed E-state index contributed by atoms with van der Waals surface area (Å²) in [5.74, 6) is 0. The number of likely N-dealkylation sites (N-methyl/N-ethyl adjacent to an activating group) is 1. The van der Waals surface area contributed by atoms with Gasteiger partial charge in [-0.2, -0.15) is 5.26 Å². The van der Waals surface area contributed by atoms with Crippen LogP contribution >= 0.6 is 0 Å². The Morgan fingerprint density at radius 1 is 1.25 bits per heavy atom. The SMILES string of the molecule is CC1CN(C(C#N)c2ccc(N(C)C)cc2)CCN1C. The number of nitriles is 1. The largest absolute Gasteiger partial charge is 0.378 e. The van der Waals surface area contributed by atoms with E-state index >= 15 is 0 Å². The summed E-state index contributed by atoms with van der Waals surface area (Å²) in [6.07, 6.45) is 0. The lowest BCUT2D eigenvalue weighted by Crippen LogP contribution is -2.50. The van der Waals surface area contributed by atoms with E-state index in [4.69, 9.17) is 0 Å². The lowest BCUT2D eigenvalue weighted by Gasteiger charge is -2.39. The molecule has 20 heavy (non-hydrogen) atoms. The van der Waals surface area contributed by atoms with Gasteiger partial charge in [0.1, 0.15) is 6.04 Å². The molecular weight excluding hydrogens is 248 g/mol. The zero-order valence-corrected chi connectivity index (χ0v) is 12.9. The molecule has 0 spiro atoms. The Labute approximate surface area is 122 Å². The molecule has 0 amide bonds. The number of benzene rings is 1. The molecule has 1 heterocycles. The molecule has 1 aromatic carbocycles. The van der Waals surface area contributed by atoms with E-state index in [2.05, 4.69) is 59.0 Å².